The van der Waals surface area contributed by atoms with Gasteiger partial charge in [-0.3, -0.25) is 0 Å². The molecule has 1 aromatic carbocycles. The molecule has 1 aromatic heterocycles. The Morgan fingerprint density at radius 2 is 2.12 bits per heavy atom. The molecule has 1 heterocycles. The van der Waals surface area contributed by atoms with Crippen LogP contribution in [0, 0.1) is 5.82 Å². The summed E-state index contributed by atoms with van der Waals surface area (Å²) in [6.45, 7) is 3.97. The largest absolute Gasteiger partial charge is 0.496 e. The van der Waals surface area contributed by atoms with E-state index < -0.39 is 0 Å². The summed E-state index contributed by atoms with van der Waals surface area (Å²) < 4.78 is 20.9. The van der Waals surface area contributed by atoms with Gasteiger partial charge in [0, 0.05) is 6.04 Å². The summed E-state index contributed by atoms with van der Waals surface area (Å²) in [6, 6.07) is 4.85. The zero-order valence-corrected chi connectivity index (χ0v) is 10.0. The van der Waals surface area contributed by atoms with Crippen LogP contribution in [-0.4, -0.2) is 21.9 Å². The molecule has 0 atom stereocenters. The van der Waals surface area contributed by atoms with Gasteiger partial charge in [0.2, 0.25) is 0 Å². The van der Waals surface area contributed by atoms with Crippen molar-refractivity contribution < 1.29 is 9.13 Å². The van der Waals surface area contributed by atoms with E-state index in [-0.39, 0.29) is 11.9 Å². The van der Waals surface area contributed by atoms with Gasteiger partial charge in [0.05, 0.1) is 12.7 Å². The summed E-state index contributed by atoms with van der Waals surface area (Å²) in [7, 11) is 1.51. The second-order valence-electron chi connectivity index (χ2n) is 3.97. The van der Waals surface area contributed by atoms with Gasteiger partial charge in [-0.15, -0.1) is 10.2 Å². The number of hydrogen-bond acceptors (Lipinski definition) is 3. The zero-order chi connectivity index (χ0) is 12.4. The fourth-order valence-corrected chi connectivity index (χ4v) is 1.69. The minimum Gasteiger partial charge on any atom is -0.496 e. The lowest BCUT2D eigenvalue weighted by Crippen LogP contribution is -2.04. The first-order valence-corrected chi connectivity index (χ1v) is 5.37. The molecule has 0 aliphatic carbocycles. The molecule has 0 aliphatic rings. The van der Waals surface area contributed by atoms with Gasteiger partial charge in [0.25, 0.3) is 0 Å². The van der Waals surface area contributed by atoms with Crippen molar-refractivity contribution in [1.82, 2.24) is 14.8 Å². The van der Waals surface area contributed by atoms with E-state index in [0.29, 0.717) is 17.1 Å². The van der Waals surface area contributed by atoms with E-state index in [1.165, 1.54) is 13.2 Å². The van der Waals surface area contributed by atoms with Crippen LogP contribution >= 0.6 is 0 Å². The molecule has 90 valence electrons. The van der Waals surface area contributed by atoms with E-state index in [1.54, 1.807) is 23.0 Å². The normalized spacial score (nSPS) is 10.9. The maximum Gasteiger partial charge on any atom is 0.170 e. The zero-order valence-electron chi connectivity index (χ0n) is 10.0. The summed E-state index contributed by atoms with van der Waals surface area (Å²) in [6.07, 6.45) is 1.59. The van der Waals surface area contributed by atoms with Crippen LogP contribution in [0.5, 0.6) is 5.75 Å². The molecule has 0 aliphatic heterocycles. The van der Waals surface area contributed by atoms with Gasteiger partial charge in [-0.2, -0.15) is 0 Å². The highest BCUT2D eigenvalue weighted by Crippen LogP contribution is 2.31. The Labute approximate surface area is 99.1 Å². The molecule has 0 N–H and O–H groups in total. The second-order valence-corrected chi connectivity index (χ2v) is 3.97. The molecule has 2 aromatic rings. The molecular formula is C12H14FN3O. The molecule has 4 nitrogen and oxygen atoms in total. The van der Waals surface area contributed by atoms with Crippen molar-refractivity contribution in [2.24, 2.45) is 0 Å². The molecule has 5 heteroatoms. The van der Waals surface area contributed by atoms with E-state index in [2.05, 4.69) is 10.2 Å². The smallest absolute Gasteiger partial charge is 0.170 e. The number of methoxy groups -OCH3 is 1. The predicted octanol–water partition coefficient (Wildman–Crippen LogP) is 2.67. The molecule has 0 spiro atoms. The second kappa shape index (κ2) is 4.53. The van der Waals surface area contributed by atoms with Crippen LogP contribution in [0.4, 0.5) is 4.39 Å². The molecular weight excluding hydrogens is 221 g/mol. The van der Waals surface area contributed by atoms with Crippen molar-refractivity contribution >= 4 is 0 Å². The fourth-order valence-electron chi connectivity index (χ4n) is 1.69. The van der Waals surface area contributed by atoms with Gasteiger partial charge in [0.15, 0.2) is 5.82 Å². The highest BCUT2D eigenvalue weighted by Gasteiger charge is 2.18. The Kier molecular flexibility index (Phi) is 3.08. The number of ether oxygens (including phenoxy) is 1. The van der Waals surface area contributed by atoms with Crippen molar-refractivity contribution in [3.05, 3.63) is 30.3 Å². The minimum atomic E-state index is -0.362. The van der Waals surface area contributed by atoms with Crippen LogP contribution < -0.4 is 4.74 Å². The van der Waals surface area contributed by atoms with Crippen LogP contribution in [0.3, 0.4) is 0 Å². The first-order valence-electron chi connectivity index (χ1n) is 5.37. The third-order valence-corrected chi connectivity index (χ3v) is 2.55. The summed E-state index contributed by atoms with van der Waals surface area (Å²) in [5.74, 6) is 0.578. The molecule has 2 rings (SSSR count). The number of benzene rings is 1. The molecule has 0 radical (unpaired) electrons. The monoisotopic (exact) mass is 235 g/mol. The number of aromatic nitrogens is 3. The minimum absolute atomic E-state index is 0.157. The Morgan fingerprint density at radius 1 is 1.35 bits per heavy atom. The highest BCUT2D eigenvalue weighted by atomic mass is 19.1. The van der Waals surface area contributed by atoms with Crippen LogP contribution in [0.25, 0.3) is 11.4 Å². The van der Waals surface area contributed by atoms with E-state index in [4.69, 9.17) is 4.74 Å². The summed E-state index contributed by atoms with van der Waals surface area (Å²) in [5, 5.41) is 7.80. The van der Waals surface area contributed by atoms with E-state index in [1.807, 2.05) is 13.8 Å². The Bertz CT molecular complexity index is 522. The maximum absolute atomic E-state index is 13.9. The van der Waals surface area contributed by atoms with Gasteiger partial charge in [-0.25, -0.2) is 4.39 Å². The predicted molar refractivity (Wildman–Crippen MR) is 62.4 cm³/mol. The molecule has 0 saturated carbocycles. The van der Waals surface area contributed by atoms with Gasteiger partial charge in [-0.1, -0.05) is 6.07 Å². The van der Waals surface area contributed by atoms with Gasteiger partial charge in [-0.05, 0) is 26.0 Å². The van der Waals surface area contributed by atoms with Crippen LogP contribution in [0.15, 0.2) is 24.5 Å². The lowest BCUT2D eigenvalue weighted by molar-refractivity contribution is 0.412. The first-order chi connectivity index (χ1) is 8.15. The molecule has 0 unspecified atom stereocenters. The number of halogens is 1. The Balaban J connectivity index is 2.63. The molecule has 0 saturated heterocycles. The highest BCUT2D eigenvalue weighted by molar-refractivity contribution is 5.65. The van der Waals surface area contributed by atoms with Crippen molar-refractivity contribution in [3.63, 3.8) is 0 Å². The molecule has 0 bridgehead atoms. The summed E-state index contributed by atoms with van der Waals surface area (Å²) in [4.78, 5) is 0. The molecule has 0 fully saturated rings. The Hall–Kier alpha value is -1.91. The van der Waals surface area contributed by atoms with Gasteiger partial charge < -0.3 is 9.30 Å². The average molecular weight is 235 g/mol. The average Bonchev–Trinajstić information content (AvgIpc) is 2.77. The third kappa shape index (κ3) is 2.00. The summed E-state index contributed by atoms with van der Waals surface area (Å²) >= 11 is 0. The molecule has 17 heavy (non-hydrogen) atoms. The summed E-state index contributed by atoms with van der Waals surface area (Å²) in [5.41, 5.74) is 0.348. The number of rotatable bonds is 3. The van der Waals surface area contributed by atoms with Gasteiger partial charge >= 0.3 is 0 Å². The van der Waals surface area contributed by atoms with Crippen LogP contribution in [0.2, 0.25) is 0 Å². The molecule has 0 amide bonds. The standard InChI is InChI=1S/C12H14FN3O/c1-8(2)16-7-14-15-12(16)11-9(13)5-4-6-10(11)17-3/h4-8H,1-3H3. The van der Waals surface area contributed by atoms with E-state index in [9.17, 15) is 4.39 Å². The van der Waals surface area contributed by atoms with Gasteiger partial charge in [0.1, 0.15) is 17.9 Å². The number of hydrogen-bond donors (Lipinski definition) is 0. The maximum atomic E-state index is 13.9. The topological polar surface area (TPSA) is 39.9 Å². The van der Waals surface area contributed by atoms with Crippen LogP contribution in [0.1, 0.15) is 19.9 Å². The quantitative estimate of drug-likeness (QED) is 0.821. The van der Waals surface area contributed by atoms with Crippen molar-refractivity contribution in [2.75, 3.05) is 7.11 Å². The van der Waals surface area contributed by atoms with E-state index in [0.717, 1.165) is 0 Å². The first kappa shape index (κ1) is 11.6. The van der Waals surface area contributed by atoms with Crippen molar-refractivity contribution in [2.45, 2.75) is 19.9 Å². The van der Waals surface area contributed by atoms with Crippen LogP contribution in [-0.2, 0) is 0 Å². The third-order valence-electron chi connectivity index (χ3n) is 2.55. The SMILES string of the molecule is COc1cccc(F)c1-c1nncn1C(C)C. The van der Waals surface area contributed by atoms with E-state index >= 15 is 0 Å². The van der Waals surface area contributed by atoms with Crippen molar-refractivity contribution in [3.8, 4) is 17.1 Å². The lowest BCUT2D eigenvalue weighted by atomic mass is 10.1. The Morgan fingerprint density at radius 3 is 2.76 bits per heavy atom. The van der Waals surface area contributed by atoms with Crippen molar-refractivity contribution in [1.29, 1.82) is 0 Å². The lowest BCUT2D eigenvalue weighted by Gasteiger charge is -2.13. The number of nitrogens with zero attached hydrogens (tertiary/aromatic N) is 3. The fraction of sp³-hybridized carbons (Fsp3) is 0.333.